The van der Waals surface area contributed by atoms with Gasteiger partial charge in [-0.2, -0.15) is 0 Å². The van der Waals surface area contributed by atoms with Crippen LogP contribution in [0.15, 0.2) is 30.3 Å². The largest absolute Gasteiger partial charge is 0.425 e. The molecule has 0 N–H and O–H groups in total. The molecule has 4 rings (SSSR count). The first-order valence-corrected chi connectivity index (χ1v) is 11.4. The summed E-state index contributed by atoms with van der Waals surface area (Å²) >= 11 is 0. The molecule has 0 bridgehead atoms. The van der Waals surface area contributed by atoms with Gasteiger partial charge in [0.15, 0.2) is 0 Å². The Morgan fingerprint density at radius 1 is 0.875 bits per heavy atom. The predicted octanol–water partition coefficient (Wildman–Crippen LogP) is 5.40. The highest BCUT2D eigenvalue weighted by Crippen LogP contribution is 2.48. The average molecular weight is 435 g/mol. The van der Waals surface area contributed by atoms with Crippen LogP contribution in [0.5, 0.6) is 5.75 Å². The molecule has 0 saturated carbocycles. The summed E-state index contributed by atoms with van der Waals surface area (Å²) in [5.74, 6) is 0.507. The van der Waals surface area contributed by atoms with Gasteiger partial charge in [-0.05, 0) is 57.4 Å². The third-order valence-corrected chi connectivity index (χ3v) is 6.37. The minimum absolute atomic E-state index is 0.105. The van der Waals surface area contributed by atoms with E-state index in [1.807, 2.05) is 71.6 Å². The van der Waals surface area contributed by atoms with Gasteiger partial charge >= 0.3 is 5.97 Å². The first-order valence-electron chi connectivity index (χ1n) is 11.4. The molecule has 0 fully saturated rings. The number of hydrogen-bond donors (Lipinski definition) is 0. The van der Waals surface area contributed by atoms with E-state index in [4.69, 9.17) is 4.74 Å². The summed E-state index contributed by atoms with van der Waals surface area (Å²) in [5.41, 5.74) is 5.38. The second-order valence-corrected chi connectivity index (χ2v) is 11.0. The van der Waals surface area contributed by atoms with Crippen molar-refractivity contribution in [3.8, 4) is 5.75 Å². The van der Waals surface area contributed by atoms with E-state index >= 15 is 0 Å². The Bertz CT molecular complexity index is 1080. The zero-order valence-corrected chi connectivity index (χ0v) is 20.3. The number of para-hydroxylation sites is 1. The first kappa shape index (κ1) is 22.4. The number of nitrogens with zero attached hydrogens (tertiary/aromatic N) is 2. The van der Waals surface area contributed by atoms with Crippen molar-refractivity contribution in [3.05, 3.63) is 52.6 Å². The van der Waals surface area contributed by atoms with E-state index in [0.29, 0.717) is 18.7 Å². The quantitative estimate of drug-likeness (QED) is 0.469. The second kappa shape index (κ2) is 7.65. The van der Waals surface area contributed by atoms with Crippen molar-refractivity contribution in [1.82, 2.24) is 0 Å². The second-order valence-electron chi connectivity index (χ2n) is 11.0. The SMILES string of the molecule is Cc1c2c(c3c(c1OC(=O)C(C)(C)C)CCN3C(=O)C(C)(C)C)CN(c1ccccc1)C2. The van der Waals surface area contributed by atoms with E-state index < -0.39 is 10.8 Å². The fourth-order valence-corrected chi connectivity index (χ4v) is 4.55. The molecule has 32 heavy (non-hydrogen) atoms. The molecule has 2 aliphatic heterocycles. The van der Waals surface area contributed by atoms with Crippen LogP contribution in [0.25, 0.3) is 0 Å². The maximum Gasteiger partial charge on any atom is 0.316 e. The standard InChI is InChI=1S/C27H34N2O3/c1-17-20-15-28(18-11-9-8-10-12-18)16-21(20)22-19(23(17)32-25(31)27(5,6)7)13-14-29(22)24(30)26(2,3)4/h8-12H,13-16H2,1-7H3. The normalized spacial score (nSPS) is 15.6. The lowest BCUT2D eigenvalue weighted by Crippen LogP contribution is -2.38. The van der Waals surface area contributed by atoms with Gasteiger partial charge in [0.2, 0.25) is 5.91 Å². The lowest BCUT2D eigenvalue weighted by Gasteiger charge is -2.28. The summed E-state index contributed by atoms with van der Waals surface area (Å²) in [5, 5.41) is 0. The number of rotatable bonds is 2. The fourth-order valence-electron chi connectivity index (χ4n) is 4.55. The van der Waals surface area contributed by atoms with Crippen LogP contribution in [0.4, 0.5) is 11.4 Å². The van der Waals surface area contributed by atoms with Crippen LogP contribution in [-0.2, 0) is 29.1 Å². The van der Waals surface area contributed by atoms with Crippen molar-refractivity contribution in [2.75, 3.05) is 16.3 Å². The van der Waals surface area contributed by atoms with Crippen LogP contribution in [-0.4, -0.2) is 18.4 Å². The zero-order chi connectivity index (χ0) is 23.4. The van der Waals surface area contributed by atoms with Crippen molar-refractivity contribution in [1.29, 1.82) is 0 Å². The number of esters is 1. The topological polar surface area (TPSA) is 49.9 Å². The number of fused-ring (bicyclic) bond motifs is 3. The summed E-state index contributed by atoms with van der Waals surface area (Å²) in [6.07, 6.45) is 0.698. The van der Waals surface area contributed by atoms with Gasteiger partial charge < -0.3 is 14.5 Å². The number of benzene rings is 2. The lowest BCUT2D eigenvalue weighted by atomic mass is 9.93. The Hall–Kier alpha value is -2.82. The molecule has 1 amide bonds. The Morgan fingerprint density at radius 3 is 2.09 bits per heavy atom. The summed E-state index contributed by atoms with van der Waals surface area (Å²) in [4.78, 5) is 30.4. The lowest BCUT2D eigenvalue weighted by molar-refractivity contribution is -0.143. The molecule has 0 spiro atoms. The Morgan fingerprint density at radius 2 is 1.50 bits per heavy atom. The van der Waals surface area contributed by atoms with E-state index in [1.165, 1.54) is 5.56 Å². The molecular formula is C27H34N2O3. The van der Waals surface area contributed by atoms with Gasteiger partial charge in [-0.25, -0.2) is 0 Å². The van der Waals surface area contributed by atoms with Crippen molar-refractivity contribution in [2.24, 2.45) is 10.8 Å². The highest BCUT2D eigenvalue weighted by molar-refractivity contribution is 6.01. The minimum atomic E-state index is -0.603. The van der Waals surface area contributed by atoms with Gasteiger partial charge in [0.05, 0.1) is 11.1 Å². The average Bonchev–Trinajstić information content (AvgIpc) is 3.34. The number of ether oxygens (including phenoxy) is 1. The molecular weight excluding hydrogens is 400 g/mol. The van der Waals surface area contributed by atoms with Crippen LogP contribution in [0.1, 0.15) is 63.8 Å². The van der Waals surface area contributed by atoms with Gasteiger partial charge in [0.1, 0.15) is 5.75 Å². The number of amides is 1. The Labute approximate surface area is 191 Å². The molecule has 5 nitrogen and oxygen atoms in total. The third-order valence-electron chi connectivity index (χ3n) is 6.37. The van der Waals surface area contributed by atoms with E-state index in [-0.39, 0.29) is 11.9 Å². The van der Waals surface area contributed by atoms with E-state index in [2.05, 4.69) is 17.0 Å². The Balaban J connectivity index is 1.85. The van der Waals surface area contributed by atoms with Crippen molar-refractivity contribution in [2.45, 2.75) is 68.0 Å². The molecule has 0 unspecified atom stereocenters. The highest BCUT2D eigenvalue weighted by Gasteiger charge is 2.40. The maximum absolute atomic E-state index is 13.4. The van der Waals surface area contributed by atoms with Crippen molar-refractivity contribution >= 4 is 23.3 Å². The molecule has 2 aliphatic rings. The highest BCUT2D eigenvalue weighted by atomic mass is 16.5. The van der Waals surface area contributed by atoms with Gasteiger partial charge in [-0.1, -0.05) is 39.0 Å². The molecule has 0 radical (unpaired) electrons. The smallest absolute Gasteiger partial charge is 0.316 e. The van der Waals surface area contributed by atoms with E-state index in [1.54, 1.807) is 0 Å². The maximum atomic E-state index is 13.4. The van der Waals surface area contributed by atoms with Crippen molar-refractivity contribution < 1.29 is 14.3 Å². The zero-order valence-electron chi connectivity index (χ0n) is 20.3. The van der Waals surface area contributed by atoms with Crippen LogP contribution in [0, 0.1) is 17.8 Å². The van der Waals surface area contributed by atoms with E-state index in [0.717, 1.165) is 41.2 Å². The molecule has 0 aliphatic carbocycles. The monoisotopic (exact) mass is 434 g/mol. The fraction of sp³-hybridized carbons (Fsp3) is 0.481. The van der Waals surface area contributed by atoms with Crippen LogP contribution in [0.2, 0.25) is 0 Å². The van der Waals surface area contributed by atoms with Crippen LogP contribution < -0.4 is 14.5 Å². The number of hydrogen-bond acceptors (Lipinski definition) is 4. The number of anilines is 2. The van der Waals surface area contributed by atoms with Gasteiger partial charge in [0, 0.05) is 41.9 Å². The summed E-state index contributed by atoms with van der Waals surface area (Å²) in [7, 11) is 0. The molecule has 5 heteroatoms. The predicted molar refractivity (Wildman–Crippen MR) is 128 cm³/mol. The molecule has 170 valence electrons. The molecule has 2 heterocycles. The van der Waals surface area contributed by atoms with Gasteiger partial charge in [0.25, 0.3) is 0 Å². The first-order chi connectivity index (χ1) is 14.9. The van der Waals surface area contributed by atoms with Gasteiger partial charge in [-0.3, -0.25) is 9.59 Å². The van der Waals surface area contributed by atoms with Crippen molar-refractivity contribution in [3.63, 3.8) is 0 Å². The molecule has 0 aromatic heterocycles. The van der Waals surface area contributed by atoms with E-state index in [9.17, 15) is 9.59 Å². The summed E-state index contributed by atoms with van der Waals surface area (Å²) < 4.78 is 6.04. The third kappa shape index (κ3) is 3.78. The number of carbonyl (C=O) groups is 2. The van der Waals surface area contributed by atoms with Crippen LogP contribution >= 0.6 is 0 Å². The van der Waals surface area contributed by atoms with Crippen LogP contribution in [0.3, 0.4) is 0 Å². The summed E-state index contributed by atoms with van der Waals surface area (Å²) in [6.45, 7) is 15.6. The minimum Gasteiger partial charge on any atom is -0.425 e. The Kier molecular flexibility index (Phi) is 5.35. The number of carbonyl (C=O) groups excluding carboxylic acids is 2. The van der Waals surface area contributed by atoms with Gasteiger partial charge in [-0.15, -0.1) is 0 Å². The molecule has 2 aromatic rings. The molecule has 2 aromatic carbocycles. The molecule has 0 saturated heterocycles. The molecule has 0 atom stereocenters. The summed E-state index contributed by atoms with van der Waals surface area (Å²) in [6, 6.07) is 10.3.